The number of benzene rings is 1. The minimum absolute atomic E-state index is 0.000378. The third-order valence-electron chi connectivity index (χ3n) is 7.22. The summed E-state index contributed by atoms with van der Waals surface area (Å²) in [5.41, 5.74) is 0.494. The van der Waals surface area contributed by atoms with Gasteiger partial charge in [-0.1, -0.05) is 37.0 Å². The second-order valence-electron chi connectivity index (χ2n) is 9.80. The number of aromatic nitrogens is 1. The Morgan fingerprint density at radius 1 is 1.11 bits per heavy atom. The van der Waals surface area contributed by atoms with Gasteiger partial charge in [0.2, 0.25) is 0 Å². The van der Waals surface area contributed by atoms with Crippen molar-refractivity contribution in [3.8, 4) is 0 Å². The van der Waals surface area contributed by atoms with Crippen LogP contribution in [0.3, 0.4) is 0 Å². The summed E-state index contributed by atoms with van der Waals surface area (Å²) in [6.45, 7) is 5.43. The molecular formula is C26H25Cl2F3N2O4. The molecule has 0 radical (unpaired) electrons. The van der Waals surface area contributed by atoms with Crippen molar-refractivity contribution in [3.05, 3.63) is 61.9 Å². The number of aliphatic carboxylic acids is 1. The van der Waals surface area contributed by atoms with E-state index in [0.29, 0.717) is 23.2 Å². The fourth-order valence-corrected chi connectivity index (χ4v) is 5.90. The number of allylic oxidation sites excluding steroid dienone is 1. The van der Waals surface area contributed by atoms with Crippen LogP contribution in [0.5, 0.6) is 0 Å². The highest BCUT2D eigenvalue weighted by Gasteiger charge is 2.39. The van der Waals surface area contributed by atoms with Crippen molar-refractivity contribution in [2.45, 2.75) is 45.7 Å². The first-order chi connectivity index (χ1) is 17.2. The highest BCUT2D eigenvalue weighted by molar-refractivity contribution is 6.41. The first kappa shape index (κ1) is 27.3. The van der Waals surface area contributed by atoms with E-state index in [9.17, 15) is 32.7 Å². The molecule has 1 saturated heterocycles. The van der Waals surface area contributed by atoms with E-state index in [1.807, 2.05) is 0 Å². The van der Waals surface area contributed by atoms with Crippen LogP contribution in [0.15, 0.2) is 23.9 Å². The van der Waals surface area contributed by atoms with Gasteiger partial charge in [0.05, 0.1) is 27.1 Å². The topological polar surface area (TPSA) is 79.6 Å². The standard InChI is InChI=1S/C26H25Cl2F3N2O4/c1-12-8-15(26(29,30)31)9-18-14(3)11-33(22(12)18)24(35)20-19(27)5-4-17(21(20)28)23(34)32-7-6-16(25(36)37)13(2)10-32/h4-5,9,11-13,16H,6-8,10H2,1-3H3,(H,36,37)/t12?,13-,16+/m1/s1. The molecule has 3 atom stereocenters. The first-order valence-electron chi connectivity index (χ1n) is 11.8. The summed E-state index contributed by atoms with van der Waals surface area (Å²) in [6, 6.07) is 2.80. The SMILES string of the molecule is Cc1cn(C(=O)c2c(Cl)ccc(C(=O)N3CC[C@H](C(=O)O)[C@H](C)C3)c2Cl)c2c1C=C(C(F)(F)F)CC2C. The van der Waals surface area contributed by atoms with E-state index in [-0.39, 0.29) is 46.6 Å². The number of piperidine rings is 1. The Labute approximate surface area is 221 Å². The molecule has 0 bridgehead atoms. The highest BCUT2D eigenvalue weighted by Crippen LogP contribution is 2.43. The molecule has 1 aliphatic heterocycles. The van der Waals surface area contributed by atoms with Gasteiger partial charge in [-0.3, -0.25) is 19.0 Å². The van der Waals surface area contributed by atoms with Crippen molar-refractivity contribution >= 4 is 47.1 Å². The molecule has 4 rings (SSSR count). The number of halogens is 5. The summed E-state index contributed by atoms with van der Waals surface area (Å²) < 4.78 is 41.4. The Morgan fingerprint density at radius 3 is 2.38 bits per heavy atom. The number of fused-ring (bicyclic) bond motifs is 1. The molecule has 1 unspecified atom stereocenters. The number of rotatable bonds is 3. The first-order valence-corrected chi connectivity index (χ1v) is 12.5. The predicted molar refractivity (Wildman–Crippen MR) is 133 cm³/mol. The maximum absolute atomic E-state index is 13.7. The molecule has 198 valence electrons. The van der Waals surface area contributed by atoms with Gasteiger partial charge in [0, 0.05) is 36.5 Å². The van der Waals surface area contributed by atoms with E-state index < -0.39 is 41.4 Å². The number of amides is 1. The number of aryl methyl sites for hydroxylation is 1. The van der Waals surface area contributed by atoms with Crippen LogP contribution in [0.2, 0.25) is 10.0 Å². The molecule has 1 aliphatic carbocycles. The van der Waals surface area contributed by atoms with E-state index in [1.165, 1.54) is 27.8 Å². The zero-order valence-electron chi connectivity index (χ0n) is 20.3. The molecule has 2 heterocycles. The lowest BCUT2D eigenvalue weighted by Gasteiger charge is -2.35. The Kier molecular flexibility index (Phi) is 7.25. The van der Waals surface area contributed by atoms with Crippen LogP contribution >= 0.6 is 23.2 Å². The van der Waals surface area contributed by atoms with Crippen LogP contribution in [0, 0.1) is 18.8 Å². The molecule has 1 amide bonds. The summed E-state index contributed by atoms with van der Waals surface area (Å²) in [7, 11) is 0. The lowest BCUT2D eigenvalue weighted by atomic mass is 9.86. The van der Waals surface area contributed by atoms with Gasteiger partial charge in [0.25, 0.3) is 11.8 Å². The molecule has 1 aromatic carbocycles. The monoisotopic (exact) mass is 556 g/mol. The van der Waals surface area contributed by atoms with Gasteiger partial charge in [-0.15, -0.1) is 0 Å². The maximum Gasteiger partial charge on any atom is 0.412 e. The summed E-state index contributed by atoms with van der Waals surface area (Å²) in [4.78, 5) is 39.9. The fourth-order valence-electron chi connectivity index (χ4n) is 5.28. The van der Waals surface area contributed by atoms with Crippen LogP contribution in [-0.4, -0.2) is 51.6 Å². The molecule has 0 spiro atoms. The fraction of sp³-hybridized carbons (Fsp3) is 0.423. The Hall–Kier alpha value is -2.78. The lowest BCUT2D eigenvalue weighted by molar-refractivity contribution is -0.145. The van der Waals surface area contributed by atoms with Crippen molar-refractivity contribution in [1.29, 1.82) is 0 Å². The molecule has 11 heteroatoms. The van der Waals surface area contributed by atoms with Gasteiger partial charge in [-0.25, -0.2) is 0 Å². The molecule has 1 N–H and O–H groups in total. The molecule has 0 saturated carbocycles. The molecule has 37 heavy (non-hydrogen) atoms. The lowest BCUT2D eigenvalue weighted by Crippen LogP contribution is -2.45. The van der Waals surface area contributed by atoms with Crippen molar-refractivity contribution in [2.75, 3.05) is 13.1 Å². The van der Waals surface area contributed by atoms with Gasteiger partial charge in [0.15, 0.2) is 0 Å². The zero-order valence-corrected chi connectivity index (χ0v) is 21.8. The number of carboxylic acid groups (broad SMARTS) is 1. The van der Waals surface area contributed by atoms with E-state index in [2.05, 4.69) is 0 Å². The molecular weight excluding hydrogens is 532 g/mol. The van der Waals surface area contributed by atoms with Crippen LogP contribution in [0.25, 0.3) is 6.08 Å². The summed E-state index contributed by atoms with van der Waals surface area (Å²) in [5, 5.41) is 9.19. The van der Waals surface area contributed by atoms with Crippen molar-refractivity contribution in [1.82, 2.24) is 9.47 Å². The molecule has 1 aromatic heterocycles. The molecule has 6 nitrogen and oxygen atoms in total. The molecule has 1 fully saturated rings. The Balaban J connectivity index is 1.71. The van der Waals surface area contributed by atoms with Crippen LogP contribution < -0.4 is 0 Å². The molecule has 2 aliphatic rings. The zero-order chi connectivity index (χ0) is 27.4. The van der Waals surface area contributed by atoms with Crippen LogP contribution in [0.4, 0.5) is 13.2 Å². The highest BCUT2D eigenvalue weighted by atomic mass is 35.5. The smallest absolute Gasteiger partial charge is 0.412 e. The van der Waals surface area contributed by atoms with Gasteiger partial charge >= 0.3 is 12.1 Å². The molecule has 2 aromatic rings. The third-order valence-corrected chi connectivity index (χ3v) is 7.93. The third kappa shape index (κ3) is 4.91. The maximum atomic E-state index is 13.7. The second-order valence-corrected chi connectivity index (χ2v) is 10.6. The van der Waals surface area contributed by atoms with Gasteiger partial charge < -0.3 is 10.0 Å². The number of hydrogen-bond acceptors (Lipinski definition) is 3. The van der Waals surface area contributed by atoms with Crippen molar-refractivity contribution in [3.63, 3.8) is 0 Å². The van der Waals surface area contributed by atoms with Crippen molar-refractivity contribution < 1.29 is 32.7 Å². The largest absolute Gasteiger partial charge is 0.481 e. The van der Waals surface area contributed by atoms with Gasteiger partial charge in [0.1, 0.15) is 0 Å². The average Bonchev–Trinajstić information content (AvgIpc) is 3.15. The Bertz CT molecular complexity index is 1330. The van der Waals surface area contributed by atoms with E-state index in [1.54, 1.807) is 20.8 Å². The minimum Gasteiger partial charge on any atom is -0.481 e. The predicted octanol–water partition coefficient (Wildman–Crippen LogP) is 6.43. The van der Waals surface area contributed by atoms with Crippen LogP contribution in [-0.2, 0) is 4.79 Å². The second kappa shape index (κ2) is 9.83. The number of alkyl halides is 3. The summed E-state index contributed by atoms with van der Waals surface area (Å²) >= 11 is 12.9. The van der Waals surface area contributed by atoms with E-state index >= 15 is 0 Å². The van der Waals surface area contributed by atoms with Crippen LogP contribution in [0.1, 0.15) is 70.1 Å². The van der Waals surface area contributed by atoms with Gasteiger partial charge in [-0.2, -0.15) is 13.2 Å². The van der Waals surface area contributed by atoms with E-state index in [4.69, 9.17) is 23.2 Å². The number of nitrogens with zero attached hydrogens (tertiary/aromatic N) is 2. The number of carboxylic acids is 1. The van der Waals surface area contributed by atoms with E-state index in [0.717, 1.165) is 6.08 Å². The average molecular weight is 557 g/mol. The number of hydrogen-bond donors (Lipinski definition) is 1. The minimum atomic E-state index is -4.47. The summed E-state index contributed by atoms with van der Waals surface area (Å²) in [5.74, 6) is -3.44. The quantitative estimate of drug-likeness (QED) is 0.472. The summed E-state index contributed by atoms with van der Waals surface area (Å²) in [6.07, 6.45) is -1.93. The van der Waals surface area contributed by atoms with Gasteiger partial charge in [-0.05, 0) is 55.0 Å². The Morgan fingerprint density at radius 2 is 1.78 bits per heavy atom. The number of likely N-dealkylation sites (tertiary alicyclic amines) is 1. The number of carbonyl (C=O) groups is 3. The normalized spacial score (nSPS) is 21.9. The van der Waals surface area contributed by atoms with Crippen molar-refractivity contribution in [2.24, 2.45) is 11.8 Å². The number of carbonyl (C=O) groups excluding carboxylic acids is 2.